The van der Waals surface area contributed by atoms with Gasteiger partial charge in [-0.05, 0) is 44.2 Å². The van der Waals surface area contributed by atoms with E-state index in [1.54, 1.807) is 0 Å². The van der Waals surface area contributed by atoms with Crippen LogP contribution in [0.15, 0.2) is 48.5 Å². The third-order valence-corrected chi connectivity index (χ3v) is 3.85. The Labute approximate surface area is 153 Å². The molecular formula is C23H34O2. The Morgan fingerprint density at radius 1 is 0.800 bits per heavy atom. The average molecular weight is 343 g/mol. The molecule has 0 saturated carbocycles. The number of aryl methyl sites for hydroxylation is 3. The molecular weight excluding hydrogens is 308 g/mol. The highest BCUT2D eigenvalue weighted by atomic mass is 16.4. The molecule has 2 aromatic rings. The molecule has 0 saturated heterocycles. The van der Waals surface area contributed by atoms with Crippen molar-refractivity contribution < 1.29 is 9.90 Å². The monoisotopic (exact) mass is 342 g/mol. The van der Waals surface area contributed by atoms with Gasteiger partial charge in [-0.1, -0.05) is 87.4 Å². The number of hydrogen-bond acceptors (Lipinski definition) is 1. The Morgan fingerprint density at radius 3 is 1.60 bits per heavy atom. The highest BCUT2D eigenvalue weighted by Gasteiger charge is 2.17. The van der Waals surface area contributed by atoms with Crippen LogP contribution in [0.2, 0.25) is 0 Å². The van der Waals surface area contributed by atoms with E-state index in [2.05, 4.69) is 31.2 Å². The molecule has 0 aliphatic rings. The molecule has 0 fully saturated rings. The largest absolute Gasteiger partial charge is 0.481 e. The van der Waals surface area contributed by atoms with Gasteiger partial charge < -0.3 is 5.11 Å². The first kappa shape index (κ1) is 22.9. The molecule has 0 aliphatic carbocycles. The molecule has 0 aromatic heterocycles. The van der Waals surface area contributed by atoms with Crippen molar-refractivity contribution >= 4 is 5.97 Å². The normalized spacial score (nSPS) is 10.6. The summed E-state index contributed by atoms with van der Waals surface area (Å²) in [5, 5.41) is 9.41. The Bertz CT molecular complexity index is 582. The lowest BCUT2D eigenvalue weighted by molar-refractivity contribution is -0.141. The van der Waals surface area contributed by atoms with Crippen molar-refractivity contribution in [1.82, 2.24) is 0 Å². The molecule has 1 unspecified atom stereocenters. The highest BCUT2D eigenvalue weighted by molar-refractivity contribution is 5.70. The highest BCUT2D eigenvalue weighted by Crippen LogP contribution is 2.17. The van der Waals surface area contributed by atoms with E-state index in [9.17, 15) is 9.90 Å². The van der Waals surface area contributed by atoms with Gasteiger partial charge in [-0.25, -0.2) is 0 Å². The number of carboxylic acids is 1. The summed E-state index contributed by atoms with van der Waals surface area (Å²) >= 11 is 0. The SMILES string of the molecule is CC.CC.Cc1ccc(CCC(Cc2ccc(C)cc2)C(=O)O)cc1. The van der Waals surface area contributed by atoms with Crippen LogP contribution in [0, 0.1) is 19.8 Å². The smallest absolute Gasteiger partial charge is 0.306 e. The molecule has 2 rings (SSSR count). The molecule has 25 heavy (non-hydrogen) atoms. The van der Waals surface area contributed by atoms with E-state index in [0.717, 1.165) is 12.0 Å². The van der Waals surface area contributed by atoms with Gasteiger partial charge in [0.1, 0.15) is 0 Å². The van der Waals surface area contributed by atoms with Crippen LogP contribution in [0.3, 0.4) is 0 Å². The van der Waals surface area contributed by atoms with E-state index in [-0.39, 0.29) is 5.92 Å². The first-order chi connectivity index (χ1) is 12.0. The standard InChI is InChI=1S/C19H22O2.2C2H6/c1-14-3-7-16(8-4-14)11-12-18(19(20)21)13-17-9-5-15(2)6-10-17;2*1-2/h3-10,18H,11-13H2,1-2H3,(H,20,21);2*1-2H3. The molecule has 0 heterocycles. The third-order valence-electron chi connectivity index (χ3n) is 3.85. The second kappa shape index (κ2) is 13.2. The van der Waals surface area contributed by atoms with Gasteiger partial charge in [0.05, 0.1) is 5.92 Å². The minimum Gasteiger partial charge on any atom is -0.481 e. The molecule has 0 amide bonds. The van der Waals surface area contributed by atoms with Crippen molar-refractivity contribution in [3.05, 3.63) is 70.8 Å². The van der Waals surface area contributed by atoms with E-state index in [1.165, 1.54) is 16.7 Å². The van der Waals surface area contributed by atoms with Gasteiger partial charge in [0.15, 0.2) is 0 Å². The maximum Gasteiger partial charge on any atom is 0.306 e. The number of rotatable bonds is 6. The van der Waals surface area contributed by atoms with Crippen LogP contribution in [0.4, 0.5) is 0 Å². The lowest BCUT2D eigenvalue weighted by Gasteiger charge is -2.13. The molecule has 138 valence electrons. The quantitative estimate of drug-likeness (QED) is 0.675. The Morgan fingerprint density at radius 2 is 1.20 bits per heavy atom. The average Bonchev–Trinajstić information content (AvgIpc) is 2.65. The second-order valence-electron chi connectivity index (χ2n) is 5.75. The number of benzene rings is 2. The van der Waals surface area contributed by atoms with Gasteiger partial charge in [-0.2, -0.15) is 0 Å². The Balaban J connectivity index is 0.00000134. The summed E-state index contributed by atoms with van der Waals surface area (Å²) in [6.45, 7) is 12.1. The zero-order valence-electron chi connectivity index (χ0n) is 16.7. The van der Waals surface area contributed by atoms with Crippen LogP contribution in [-0.2, 0) is 17.6 Å². The van der Waals surface area contributed by atoms with Crippen molar-refractivity contribution in [2.45, 2.75) is 60.8 Å². The molecule has 0 bridgehead atoms. The van der Waals surface area contributed by atoms with E-state index in [0.29, 0.717) is 12.8 Å². The predicted octanol–water partition coefficient (Wildman–Crippen LogP) is 6.23. The maximum atomic E-state index is 11.4. The van der Waals surface area contributed by atoms with Gasteiger partial charge in [-0.15, -0.1) is 0 Å². The van der Waals surface area contributed by atoms with Crippen LogP contribution in [0.25, 0.3) is 0 Å². The molecule has 2 nitrogen and oxygen atoms in total. The molecule has 2 aromatic carbocycles. The van der Waals surface area contributed by atoms with Crippen molar-refractivity contribution in [3.8, 4) is 0 Å². The van der Waals surface area contributed by atoms with Gasteiger partial charge in [-0.3, -0.25) is 4.79 Å². The summed E-state index contributed by atoms with van der Waals surface area (Å²) in [6.07, 6.45) is 2.08. The number of aliphatic carboxylic acids is 1. The summed E-state index contributed by atoms with van der Waals surface area (Å²) in [5.41, 5.74) is 4.73. The summed E-state index contributed by atoms with van der Waals surface area (Å²) < 4.78 is 0. The molecule has 0 aliphatic heterocycles. The Hall–Kier alpha value is -2.09. The van der Waals surface area contributed by atoms with E-state index >= 15 is 0 Å². The minimum atomic E-state index is -0.706. The van der Waals surface area contributed by atoms with Gasteiger partial charge in [0, 0.05) is 0 Å². The van der Waals surface area contributed by atoms with E-state index in [1.807, 2.05) is 58.9 Å². The number of hydrogen-bond donors (Lipinski definition) is 1. The first-order valence-electron chi connectivity index (χ1n) is 9.38. The number of carbonyl (C=O) groups is 1. The summed E-state index contributed by atoms with van der Waals surface area (Å²) in [6, 6.07) is 16.4. The molecule has 0 spiro atoms. The van der Waals surface area contributed by atoms with Crippen molar-refractivity contribution in [1.29, 1.82) is 0 Å². The van der Waals surface area contributed by atoms with Gasteiger partial charge in [0.25, 0.3) is 0 Å². The minimum absolute atomic E-state index is 0.325. The summed E-state index contributed by atoms with van der Waals surface area (Å²) in [7, 11) is 0. The molecule has 1 atom stereocenters. The van der Waals surface area contributed by atoms with Crippen molar-refractivity contribution in [2.24, 2.45) is 5.92 Å². The zero-order chi connectivity index (χ0) is 19.2. The third kappa shape index (κ3) is 9.09. The van der Waals surface area contributed by atoms with Crippen molar-refractivity contribution in [2.75, 3.05) is 0 Å². The fourth-order valence-electron chi connectivity index (χ4n) is 2.42. The topological polar surface area (TPSA) is 37.3 Å². The lowest BCUT2D eigenvalue weighted by Crippen LogP contribution is -2.17. The van der Waals surface area contributed by atoms with E-state index in [4.69, 9.17) is 0 Å². The Kier molecular flexibility index (Phi) is 12.1. The van der Waals surface area contributed by atoms with Crippen LogP contribution in [0.1, 0.15) is 56.4 Å². The summed E-state index contributed by atoms with van der Waals surface area (Å²) in [5.74, 6) is -1.03. The van der Waals surface area contributed by atoms with Crippen LogP contribution in [-0.4, -0.2) is 11.1 Å². The fourth-order valence-corrected chi connectivity index (χ4v) is 2.42. The lowest BCUT2D eigenvalue weighted by atomic mass is 9.92. The van der Waals surface area contributed by atoms with Crippen molar-refractivity contribution in [3.63, 3.8) is 0 Å². The summed E-state index contributed by atoms with van der Waals surface area (Å²) in [4.78, 5) is 11.4. The van der Waals surface area contributed by atoms with Crippen LogP contribution in [0.5, 0.6) is 0 Å². The van der Waals surface area contributed by atoms with E-state index < -0.39 is 5.97 Å². The molecule has 1 N–H and O–H groups in total. The van der Waals surface area contributed by atoms with Crippen LogP contribution < -0.4 is 0 Å². The van der Waals surface area contributed by atoms with Gasteiger partial charge in [0.2, 0.25) is 0 Å². The van der Waals surface area contributed by atoms with Gasteiger partial charge >= 0.3 is 5.97 Å². The van der Waals surface area contributed by atoms with Crippen LogP contribution >= 0.6 is 0 Å². The predicted molar refractivity (Wildman–Crippen MR) is 108 cm³/mol. The second-order valence-corrected chi connectivity index (χ2v) is 5.75. The maximum absolute atomic E-state index is 11.4. The zero-order valence-corrected chi connectivity index (χ0v) is 16.7. The number of carboxylic acid groups (broad SMARTS) is 1. The first-order valence-corrected chi connectivity index (χ1v) is 9.38. The molecule has 0 radical (unpaired) electrons. The molecule has 2 heteroatoms. The fraction of sp³-hybridized carbons (Fsp3) is 0.435.